The van der Waals surface area contributed by atoms with Crippen LogP contribution in [-0.2, 0) is 9.59 Å². The maximum absolute atomic E-state index is 10.9. The Morgan fingerprint density at radius 3 is 2.60 bits per heavy atom. The summed E-state index contributed by atoms with van der Waals surface area (Å²) < 4.78 is 0. The van der Waals surface area contributed by atoms with Crippen LogP contribution in [0.2, 0.25) is 0 Å². The number of amides is 1. The molecule has 0 aliphatic heterocycles. The lowest BCUT2D eigenvalue weighted by Crippen LogP contribution is -2.39. The van der Waals surface area contributed by atoms with E-state index in [1.54, 1.807) is 6.92 Å². The molecule has 3 unspecified atom stereocenters. The van der Waals surface area contributed by atoms with Crippen molar-refractivity contribution in [3.8, 4) is 0 Å². The van der Waals surface area contributed by atoms with E-state index in [1.165, 1.54) is 6.92 Å². The number of hydrogen-bond donors (Lipinski definition) is 2. The highest BCUT2D eigenvalue weighted by molar-refractivity contribution is 5.73. The van der Waals surface area contributed by atoms with E-state index < -0.39 is 5.97 Å². The van der Waals surface area contributed by atoms with Crippen molar-refractivity contribution in [2.75, 3.05) is 0 Å². The second kappa shape index (κ2) is 5.14. The summed E-state index contributed by atoms with van der Waals surface area (Å²) in [5.74, 6) is -0.859. The lowest BCUT2D eigenvalue weighted by Gasteiger charge is -2.31. The molecule has 1 aliphatic carbocycles. The molecule has 4 nitrogen and oxygen atoms in total. The molecule has 0 aromatic heterocycles. The summed E-state index contributed by atoms with van der Waals surface area (Å²) in [6.45, 7) is 3.26. The Kier molecular flexibility index (Phi) is 4.12. The van der Waals surface area contributed by atoms with Crippen molar-refractivity contribution in [3.63, 3.8) is 0 Å². The number of hydrogen-bond acceptors (Lipinski definition) is 2. The zero-order chi connectivity index (χ0) is 11.4. The van der Waals surface area contributed by atoms with Gasteiger partial charge in [0.2, 0.25) is 5.91 Å². The first-order chi connectivity index (χ1) is 7.00. The third kappa shape index (κ3) is 3.53. The van der Waals surface area contributed by atoms with Crippen LogP contribution >= 0.6 is 0 Å². The first kappa shape index (κ1) is 12.0. The Balaban J connectivity index is 2.48. The average Bonchev–Trinajstić information content (AvgIpc) is 2.16. The van der Waals surface area contributed by atoms with Gasteiger partial charge in [-0.2, -0.15) is 0 Å². The second-order valence-corrected chi connectivity index (χ2v) is 4.45. The third-order valence-corrected chi connectivity index (χ3v) is 3.22. The van der Waals surface area contributed by atoms with Gasteiger partial charge in [-0.05, 0) is 25.2 Å². The minimum Gasteiger partial charge on any atom is -0.481 e. The van der Waals surface area contributed by atoms with E-state index in [2.05, 4.69) is 5.32 Å². The van der Waals surface area contributed by atoms with Crippen molar-refractivity contribution < 1.29 is 14.7 Å². The predicted octanol–water partition coefficient (Wildman–Crippen LogP) is 1.40. The van der Waals surface area contributed by atoms with Gasteiger partial charge in [-0.15, -0.1) is 0 Å². The molecule has 4 heteroatoms. The van der Waals surface area contributed by atoms with Gasteiger partial charge in [-0.25, -0.2) is 0 Å². The number of carboxylic acids is 1. The van der Waals surface area contributed by atoms with Crippen molar-refractivity contribution in [1.29, 1.82) is 0 Å². The Morgan fingerprint density at radius 1 is 1.40 bits per heavy atom. The van der Waals surface area contributed by atoms with Gasteiger partial charge in [-0.1, -0.05) is 13.3 Å². The standard InChI is InChI=1S/C11H19NO3/c1-7(11(14)15)9-4-3-5-10(6-9)12-8(2)13/h7,9-10H,3-6H2,1-2H3,(H,12,13)(H,14,15). The van der Waals surface area contributed by atoms with E-state index in [-0.39, 0.29) is 23.8 Å². The normalized spacial score (nSPS) is 28.1. The molecular weight excluding hydrogens is 194 g/mol. The molecular formula is C11H19NO3. The molecule has 1 saturated carbocycles. The lowest BCUT2D eigenvalue weighted by atomic mass is 9.78. The molecule has 0 heterocycles. The van der Waals surface area contributed by atoms with Gasteiger partial charge in [0.25, 0.3) is 0 Å². The minimum atomic E-state index is -0.733. The van der Waals surface area contributed by atoms with Crippen LogP contribution in [0, 0.1) is 11.8 Å². The van der Waals surface area contributed by atoms with E-state index in [0.717, 1.165) is 25.7 Å². The van der Waals surface area contributed by atoms with Crippen LogP contribution in [0.15, 0.2) is 0 Å². The van der Waals surface area contributed by atoms with Gasteiger partial charge in [0.05, 0.1) is 5.92 Å². The van der Waals surface area contributed by atoms with Crippen LogP contribution in [0.5, 0.6) is 0 Å². The van der Waals surface area contributed by atoms with Gasteiger partial charge in [0.1, 0.15) is 0 Å². The molecule has 2 N–H and O–H groups in total. The van der Waals surface area contributed by atoms with Crippen LogP contribution in [0.4, 0.5) is 0 Å². The summed E-state index contributed by atoms with van der Waals surface area (Å²) in [4.78, 5) is 21.7. The second-order valence-electron chi connectivity index (χ2n) is 4.45. The molecule has 1 amide bonds. The predicted molar refractivity (Wildman–Crippen MR) is 56.4 cm³/mol. The minimum absolute atomic E-state index is 0.0244. The molecule has 0 bridgehead atoms. The van der Waals surface area contributed by atoms with E-state index in [4.69, 9.17) is 5.11 Å². The molecule has 0 aromatic rings. The van der Waals surface area contributed by atoms with Crippen molar-refractivity contribution >= 4 is 11.9 Å². The Labute approximate surface area is 90.0 Å². The van der Waals surface area contributed by atoms with Crippen molar-refractivity contribution in [2.45, 2.75) is 45.6 Å². The molecule has 1 fully saturated rings. The zero-order valence-electron chi connectivity index (χ0n) is 9.32. The molecule has 3 atom stereocenters. The first-order valence-electron chi connectivity index (χ1n) is 5.50. The van der Waals surface area contributed by atoms with Crippen molar-refractivity contribution in [3.05, 3.63) is 0 Å². The monoisotopic (exact) mass is 213 g/mol. The number of nitrogens with one attached hydrogen (secondary N) is 1. The van der Waals surface area contributed by atoms with E-state index >= 15 is 0 Å². The van der Waals surface area contributed by atoms with E-state index in [1.807, 2.05) is 0 Å². The third-order valence-electron chi connectivity index (χ3n) is 3.22. The van der Waals surface area contributed by atoms with Gasteiger partial charge in [-0.3, -0.25) is 9.59 Å². The van der Waals surface area contributed by atoms with Crippen LogP contribution in [-0.4, -0.2) is 23.0 Å². The first-order valence-corrected chi connectivity index (χ1v) is 5.50. The number of carboxylic acid groups (broad SMARTS) is 1. The Hall–Kier alpha value is -1.06. The van der Waals surface area contributed by atoms with Crippen LogP contribution < -0.4 is 5.32 Å². The van der Waals surface area contributed by atoms with E-state index in [9.17, 15) is 9.59 Å². The van der Waals surface area contributed by atoms with Crippen molar-refractivity contribution in [1.82, 2.24) is 5.32 Å². The van der Waals surface area contributed by atoms with Gasteiger partial charge < -0.3 is 10.4 Å². The fourth-order valence-corrected chi connectivity index (χ4v) is 2.30. The van der Waals surface area contributed by atoms with Crippen LogP contribution in [0.25, 0.3) is 0 Å². The van der Waals surface area contributed by atoms with Gasteiger partial charge in [0.15, 0.2) is 0 Å². The summed E-state index contributed by atoms with van der Waals surface area (Å²) in [6.07, 6.45) is 3.74. The molecule has 0 saturated heterocycles. The lowest BCUT2D eigenvalue weighted by molar-refractivity contribution is -0.143. The number of rotatable bonds is 3. The van der Waals surface area contributed by atoms with Crippen LogP contribution in [0.3, 0.4) is 0 Å². The topological polar surface area (TPSA) is 66.4 Å². The Morgan fingerprint density at radius 2 is 2.07 bits per heavy atom. The molecule has 0 spiro atoms. The molecule has 1 rings (SSSR count). The van der Waals surface area contributed by atoms with Gasteiger partial charge >= 0.3 is 5.97 Å². The highest BCUT2D eigenvalue weighted by Gasteiger charge is 2.29. The maximum Gasteiger partial charge on any atom is 0.306 e. The summed E-state index contributed by atoms with van der Waals surface area (Å²) in [6, 6.07) is 0.169. The largest absolute Gasteiger partial charge is 0.481 e. The highest BCUT2D eigenvalue weighted by Crippen LogP contribution is 2.30. The maximum atomic E-state index is 10.9. The number of carbonyl (C=O) groups excluding carboxylic acids is 1. The average molecular weight is 213 g/mol. The fourth-order valence-electron chi connectivity index (χ4n) is 2.30. The SMILES string of the molecule is CC(=O)NC1CCCC(C(C)C(=O)O)C1. The van der Waals surface area contributed by atoms with Crippen LogP contribution in [0.1, 0.15) is 39.5 Å². The molecule has 0 radical (unpaired) electrons. The number of aliphatic carboxylic acids is 1. The summed E-state index contributed by atoms with van der Waals surface area (Å²) in [5.41, 5.74) is 0. The number of carbonyl (C=O) groups is 2. The van der Waals surface area contributed by atoms with Crippen molar-refractivity contribution in [2.24, 2.45) is 11.8 Å². The molecule has 0 aromatic carbocycles. The highest BCUT2D eigenvalue weighted by atomic mass is 16.4. The van der Waals surface area contributed by atoms with Gasteiger partial charge in [0, 0.05) is 13.0 Å². The van der Waals surface area contributed by atoms with E-state index in [0.29, 0.717) is 0 Å². The summed E-state index contributed by atoms with van der Waals surface area (Å²) in [5, 5.41) is 11.8. The summed E-state index contributed by atoms with van der Waals surface area (Å²) in [7, 11) is 0. The summed E-state index contributed by atoms with van der Waals surface area (Å²) >= 11 is 0. The smallest absolute Gasteiger partial charge is 0.306 e. The molecule has 15 heavy (non-hydrogen) atoms. The Bertz CT molecular complexity index is 252. The quantitative estimate of drug-likeness (QED) is 0.744. The molecule has 1 aliphatic rings. The zero-order valence-corrected chi connectivity index (χ0v) is 9.32. The fraction of sp³-hybridized carbons (Fsp3) is 0.818. The molecule has 86 valence electrons.